The summed E-state index contributed by atoms with van der Waals surface area (Å²) in [7, 11) is 0. The van der Waals surface area contributed by atoms with Crippen LogP contribution in [0, 0.1) is 0 Å². The van der Waals surface area contributed by atoms with Crippen LogP contribution >= 0.6 is 12.2 Å². The molecule has 0 aliphatic heterocycles. The average Bonchev–Trinajstić information content (AvgIpc) is 2.65. The molecule has 3 N–H and O–H groups in total. The Labute approximate surface area is 153 Å². The number of hydrazine groups is 1. The molecule has 25 heavy (non-hydrogen) atoms. The van der Waals surface area contributed by atoms with Crippen molar-refractivity contribution >= 4 is 29.3 Å². The number of nitrogens with one attached hydrogen (secondary N) is 3. The molecule has 5 nitrogen and oxygen atoms in total. The van der Waals surface area contributed by atoms with Gasteiger partial charge in [-0.05, 0) is 36.8 Å². The summed E-state index contributed by atoms with van der Waals surface area (Å²) in [5, 5.41) is 3.36. The Morgan fingerprint density at radius 2 is 1.80 bits per heavy atom. The Kier molecular flexibility index (Phi) is 7.46. The van der Waals surface area contributed by atoms with Gasteiger partial charge in [0.05, 0.1) is 6.61 Å². The fourth-order valence-corrected chi connectivity index (χ4v) is 2.18. The Morgan fingerprint density at radius 1 is 1.08 bits per heavy atom. The van der Waals surface area contributed by atoms with Crippen molar-refractivity contribution in [3.63, 3.8) is 0 Å². The van der Waals surface area contributed by atoms with Crippen LogP contribution < -0.4 is 20.9 Å². The summed E-state index contributed by atoms with van der Waals surface area (Å²) < 4.78 is 5.51. The van der Waals surface area contributed by atoms with E-state index in [1.165, 1.54) is 6.08 Å². The Bertz CT molecular complexity index is 732. The molecule has 0 bridgehead atoms. The van der Waals surface area contributed by atoms with Gasteiger partial charge in [0.1, 0.15) is 5.75 Å². The predicted molar refractivity (Wildman–Crippen MR) is 104 cm³/mol. The molecule has 0 atom stereocenters. The van der Waals surface area contributed by atoms with Crippen molar-refractivity contribution in [2.75, 3.05) is 6.61 Å². The third-order valence-corrected chi connectivity index (χ3v) is 3.47. The van der Waals surface area contributed by atoms with E-state index in [1.807, 2.05) is 61.5 Å². The summed E-state index contributed by atoms with van der Waals surface area (Å²) in [6.45, 7) is 3.07. The van der Waals surface area contributed by atoms with Crippen LogP contribution in [0.4, 0.5) is 0 Å². The number of hydrogen-bond donors (Lipinski definition) is 3. The van der Waals surface area contributed by atoms with Crippen LogP contribution in [-0.2, 0) is 11.3 Å². The van der Waals surface area contributed by atoms with Crippen molar-refractivity contribution in [3.05, 3.63) is 71.8 Å². The van der Waals surface area contributed by atoms with Gasteiger partial charge in [0.2, 0.25) is 0 Å². The lowest BCUT2D eigenvalue weighted by molar-refractivity contribution is -0.116. The molecule has 0 spiro atoms. The second-order valence-electron chi connectivity index (χ2n) is 5.09. The minimum Gasteiger partial charge on any atom is -0.493 e. The van der Waals surface area contributed by atoms with Crippen LogP contribution in [0.2, 0.25) is 0 Å². The maximum absolute atomic E-state index is 11.9. The molecule has 2 rings (SSSR count). The molecule has 130 valence electrons. The molecule has 2 aromatic carbocycles. The second kappa shape index (κ2) is 10.1. The standard InChI is InChI=1S/C19H21N3O2S/c1-2-24-17-11-7-6-10-16(17)12-13-18(23)21-22-19(25)20-14-15-8-4-3-5-9-15/h3-13H,2,14H2,1H3,(H,21,23)(H2,20,22,25)/b13-12+. The third-order valence-electron chi connectivity index (χ3n) is 3.23. The highest BCUT2D eigenvalue weighted by atomic mass is 32.1. The first kappa shape index (κ1) is 18.5. The van der Waals surface area contributed by atoms with Crippen LogP contribution in [0.15, 0.2) is 60.7 Å². The first-order valence-corrected chi connectivity index (χ1v) is 8.37. The summed E-state index contributed by atoms with van der Waals surface area (Å²) in [6, 6.07) is 17.4. The van der Waals surface area contributed by atoms with E-state index in [9.17, 15) is 4.79 Å². The van der Waals surface area contributed by atoms with Gasteiger partial charge in [-0.1, -0.05) is 48.5 Å². The van der Waals surface area contributed by atoms with Gasteiger partial charge in [0, 0.05) is 18.2 Å². The van der Waals surface area contributed by atoms with E-state index >= 15 is 0 Å². The van der Waals surface area contributed by atoms with E-state index in [4.69, 9.17) is 17.0 Å². The first-order chi connectivity index (χ1) is 12.2. The van der Waals surface area contributed by atoms with Crippen LogP contribution in [-0.4, -0.2) is 17.6 Å². The van der Waals surface area contributed by atoms with Crippen LogP contribution in [0.5, 0.6) is 5.75 Å². The number of carbonyl (C=O) groups is 1. The van der Waals surface area contributed by atoms with E-state index in [0.29, 0.717) is 18.3 Å². The normalized spacial score (nSPS) is 10.3. The number of para-hydroxylation sites is 1. The number of hydrogen-bond acceptors (Lipinski definition) is 3. The number of rotatable bonds is 6. The largest absolute Gasteiger partial charge is 0.493 e. The molecule has 6 heteroatoms. The molecule has 0 aliphatic carbocycles. The van der Waals surface area contributed by atoms with Crippen molar-refractivity contribution in [2.24, 2.45) is 0 Å². The van der Waals surface area contributed by atoms with Crippen molar-refractivity contribution in [3.8, 4) is 5.75 Å². The topological polar surface area (TPSA) is 62.4 Å². The number of carbonyl (C=O) groups excluding carboxylic acids is 1. The zero-order valence-corrected chi connectivity index (χ0v) is 14.8. The Balaban J connectivity index is 1.77. The van der Waals surface area contributed by atoms with Gasteiger partial charge in [-0.15, -0.1) is 0 Å². The summed E-state index contributed by atoms with van der Waals surface area (Å²) in [5.41, 5.74) is 7.13. The summed E-state index contributed by atoms with van der Waals surface area (Å²) in [5.74, 6) is 0.428. The van der Waals surface area contributed by atoms with E-state index in [0.717, 1.165) is 16.9 Å². The van der Waals surface area contributed by atoms with Crippen LogP contribution in [0.3, 0.4) is 0 Å². The van der Waals surface area contributed by atoms with Gasteiger partial charge in [0.15, 0.2) is 5.11 Å². The summed E-state index contributed by atoms with van der Waals surface area (Å²) in [6.07, 6.45) is 3.12. The summed E-state index contributed by atoms with van der Waals surface area (Å²) in [4.78, 5) is 11.9. The minimum atomic E-state index is -0.310. The molecule has 0 saturated carbocycles. The first-order valence-electron chi connectivity index (χ1n) is 7.96. The SMILES string of the molecule is CCOc1ccccc1/C=C/C(=O)NNC(=S)NCc1ccccc1. The molecule has 0 fully saturated rings. The van der Waals surface area contributed by atoms with Gasteiger partial charge in [0.25, 0.3) is 5.91 Å². The number of benzene rings is 2. The van der Waals surface area contributed by atoms with Gasteiger partial charge >= 0.3 is 0 Å². The lowest BCUT2D eigenvalue weighted by Gasteiger charge is -2.10. The van der Waals surface area contributed by atoms with E-state index in [-0.39, 0.29) is 5.91 Å². The van der Waals surface area contributed by atoms with E-state index in [2.05, 4.69) is 16.2 Å². The number of ether oxygens (including phenoxy) is 1. The van der Waals surface area contributed by atoms with Gasteiger partial charge in [-0.3, -0.25) is 15.6 Å². The Hall–Kier alpha value is -2.86. The number of amides is 1. The fourth-order valence-electron chi connectivity index (χ4n) is 2.05. The highest BCUT2D eigenvalue weighted by Crippen LogP contribution is 2.19. The molecular formula is C19H21N3O2S. The van der Waals surface area contributed by atoms with Crippen molar-refractivity contribution in [2.45, 2.75) is 13.5 Å². The smallest absolute Gasteiger partial charge is 0.262 e. The molecule has 0 unspecified atom stereocenters. The van der Waals surface area contributed by atoms with Crippen LogP contribution in [0.1, 0.15) is 18.1 Å². The molecule has 0 aliphatic rings. The van der Waals surface area contributed by atoms with Crippen molar-refractivity contribution in [1.29, 1.82) is 0 Å². The lowest BCUT2D eigenvalue weighted by atomic mass is 10.2. The minimum absolute atomic E-state index is 0.310. The second-order valence-corrected chi connectivity index (χ2v) is 5.49. The maximum atomic E-state index is 11.9. The zero-order valence-electron chi connectivity index (χ0n) is 14.0. The van der Waals surface area contributed by atoms with Crippen molar-refractivity contribution < 1.29 is 9.53 Å². The average molecular weight is 355 g/mol. The fraction of sp³-hybridized carbons (Fsp3) is 0.158. The van der Waals surface area contributed by atoms with E-state index < -0.39 is 0 Å². The molecule has 1 amide bonds. The molecular weight excluding hydrogens is 334 g/mol. The van der Waals surface area contributed by atoms with Crippen molar-refractivity contribution in [1.82, 2.24) is 16.2 Å². The summed E-state index contributed by atoms with van der Waals surface area (Å²) >= 11 is 5.12. The molecule has 0 heterocycles. The lowest BCUT2D eigenvalue weighted by Crippen LogP contribution is -2.45. The molecule has 0 radical (unpaired) electrons. The monoisotopic (exact) mass is 355 g/mol. The molecule has 0 saturated heterocycles. The Morgan fingerprint density at radius 3 is 2.56 bits per heavy atom. The quantitative estimate of drug-likeness (QED) is 0.423. The van der Waals surface area contributed by atoms with Gasteiger partial charge in [-0.2, -0.15) is 0 Å². The highest BCUT2D eigenvalue weighted by molar-refractivity contribution is 7.80. The zero-order chi connectivity index (χ0) is 17.9. The third kappa shape index (κ3) is 6.64. The van der Waals surface area contributed by atoms with Gasteiger partial charge < -0.3 is 10.1 Å². The molecule has 2 aromatic rings. The van der Waals surface area contributed by atoms with Gasteiger partial charge in [-0.25, -0.2) is 0 Å². The number of thiocarbonyl (C=S) groups is 1. The van der Waals surface area contributed by atoms with E-state index in [1.54, 1.807) is 6.08 Å². The molecule has 0 aromatic heterocycles. The maximum Gasteiger partial charge on any atom is 0.262 e. The predicted octanol–water partition coefficient (Wildman–Crippen LogP) is 2.79. The van der Waals surface area contributed by atoms with Crippen LogP contribution in [0.25, 0.3) is 6.08 Å². The highest BCUT2D eigenvalue weighted by Gasteiger charge is 2.01.